The number of hydrogen-bond donors (Lipinski definition) is 2. The Labute approximate surface area is 120 Å². The van der Waals surface area contributed by atoms with Gasteiger partial charge in [0.1, 0.15) is 0 Å². The predicted molar refractivity (Wildman–Crippen MR) is 82.4 cm³/mol. The van der Waals surface area contributed by atoms with Crippen LogP contribution in [-0.2, 0) is 6.42 Å². The van der Waals surface area contributed by atoms with Crippen LogP contribution in [0.1, 0.15) is 21.5 Å². The highest BCUT2D eigenvalue weighted by atomic mass is 32.1. The predicted octanol–water partition coefficient (Wildman–Crippen LogP) is 3.41. The number of aryl methyl sites for hydroxylation is 1. The maximum atomic E-state index is 5.71. The first-order valence-electron chi connectivity index (χ1n) is 6.12. The van der Waals surface area contributed by atoms with Crippen molar-refractivity contribution < 1.29 is 0 Å². The summed E-state index contributed by atoms with van der Waals surface area (Å²) in [5.41, 5.74) is 5.27. The van der Waals surface area contributed by atoms with Crippen LogP contribution in [-0.4, -0.2) is 4.98 Å². The third-order valence-electron chi connectivity index (χ3n) is 3.14. The molecule has 3 aromatic rings. The van der Waals surface area contributed by atoms with Crippen LogP contribution in [0.4, 0.5) is 0 Å². The third-order valence-corrected chi connectivity index (χ3v) is 5.33. The molecule has 3 nitrogen and oxygen atoms in total. The summed E-state index contributed by atoms with van der Waals surface area (Å²) in [4.78, 5) is 5.96. The van der Waals surface area contributed by atoms with E-state index in [2.05, 4.69) is 40.9 Å². The highest BCUT2D eigenvalue weighted by molar-refractivity contribution is 7.18. The van der Waals surface area contributed by atoms with Gasteiger partial charge in [0.2, 0.25) is 0 Å². The largest absolute Gasteiger partial charge is 0.271 e. The molecule has 2 aromatic heterocycles. The first kappa shape index (κ1) is 12.7. The number of thiophene rings is 1. The van der Waals surface area contributed by atoms with Gasteiger partial charge >= 0.3 is 0 Å². The molecule has 1 aromatic carbocycles. The molecule has 3 N–H and O–H groups in total. The van der Waals surface area contributed by atoms with Crippen LogP contribution in [0.25, 0.3) is 10.2 Å². The normalized spacial score (nSPS) is 12.9. The van der Waals surface area contributed by atoms with E-state index in [1.54, 1.807) is 22.7 Å². The van der Waals surface area contributed by atoms with Gasteiger partial charge < -0.3 is 0 Å². The van der Waals surface area contributed by atoms with Gasteiger partial charge in [0, 0.05) is 11.3 Å². The van der Waals surface area contributed by atoms with Gasteiger partial charge in [-0.15, -0.1) is 22.7 Å². The van der Waals surface area contributed by atoms with E-state index in [0.717, 1.165) is 16.9 Å². The molecule has 19 heavy (non-hydrogen) atoms. The molecular weight excluding hydrogens is 274 g/mol. The molecule has 3 rings (SSSR count). The molecule has 98 valence electrons. The second-order valence-corrected chi connectivity index (χ2v) is 6.53. The number of benzene rings is 1. The molecule has 0 amide bonds. The Bertz CT molecular complexity index is 654. The maximum absolute atomic E-state index is 5.71. The van der Waals surface area contributed by atoms with Gasteiger partial charge in [0.25, 0.3) is 0 Å². The van der Waals surface area contributed by atoms with E-state index >= 15 is 0 Å². The minimum Gasteiger partial charge on any atom is -0.271 e. The second-order valence-electron chi connectivity index (χ2n) is 4.47. The van der Waals surface area contributed by atoms with E-state index in [9.17, 15) is 0 Å². The Morgan fingerprint density at radius 2 is 2.16 bits per heavy atom. The van der Waals surface area contributed by atoms with Crippen LogP contribution in [0.5, 0.6) is 0 Å². The Kier molecular flexibility index (Phi) is 3.61. The standard InChI is InChI=1S/C14H15N3S2/c1-9-6-7-18-14(9)11(17-15)8-13-16-10-4-2-3-5-12(10)19-13/h2-7,11,17H,8,15H2,1H3. The summed E-state index contributed by atoms with van der Waals surface area (Å²) in [5.74, 6) is 5.71. The number of nitrogens with zero attached hydrogens (tertiary/aromatic N) is 1. The molecule has 0 aliphatic rings. The van der Waals surface area contributed by atoms with Crippen molar-refractivity contribution in [3.05, 3.63) is 51.2 Å². The molecule has 0 aliphatic carbocycles. The Balaban J connectivity index is 1.88. The fourth-order valence-corrected chi connectivity index (χ4v) is 4.15. The van der Waals surface area contributed by atoms with Crippen molar-refractivity contribution in [1.29, 1.82) is 0 Å². The van der Waals surface area contributed by atoms with Crippen LogP contribution >= 0.6 is 22.7 Å². The minimum absolute atomic E-state index is 0.139. The summed E-state index contributed by atoms with van der Waals surface area (Å²) < 4.78 is 1.23. The summed E-state index contributed by atoms with van der Waals surface area (Å²) in [6, 6.07) is 10.5. The first-order valence-corrected chi connectivity index (χ1v) is 7.82. The van der Waals surface area contributed by atoms with Crippen molar-refractivity contribution in [3.8, 4) is 0 Å². The van der Waals surface area contributed by atoms with Crippen LogP contribution in [0, 0.1) is 6.92 Å². The molecule has 2 heterocycles. The number of nitrogens with two attached hydrogens (primary N) is 1. The molecule has 1 atom stereocenters. The lowest BCUT2D eigenvalue weighted by atomic mass is 10.1. The molecule has 5 heteroatoms. The zero-order chi connectivity index (χ0) is 13.2. The topological polar surface area (TPSA) is 50.9 Å². The first-order chi connectivity index (χ1) is 9.28. The second kappa shape index (κ2) is 5.38. The van der Waals surface area contributed by atoms with E-state index in [1.165, 1.54) is 15.1 Å². The highest BCUT2D eigenvalue weighted by Crippen LogP contribution is 2.29. The fraction of sp³-hybridized carbons (Fsp3) is 0.214. The summed E-state index contributed by atoms with van der Waals surface area (Å²) in [7, 11) is 0. The molecule has 1 unspecified atom stereocenters. The van der Waals surface area contributed by atoms with E-state index in [1.807, 2.05) is 12.1 Å². The van der Waals surface area contributed by atoms with Gasteiger partial charge in [-0.25, -0.2) is 4.98 Å². The molecule has 0 saturated carbocycles. The lowest BCUT2D eigenvalue weighted by molar-refractivity contribution is 0.557. The summed E-state index contributed by atoms with van der Waals surface area (Å²) >= 11 is 3.48. The monoisotopic (exact) mass is 289 g/mol. The molecular formula is C14H15N3S2. The maximum Gasteiger partial charge on any atom is 0.0958 e. The number of fused-ring (bicyclic) bond motifs is 1. The number of rotatable bonds is 4. The zero-order valence-electron chi connectivity index (χ0n) is 10.6. The molecule has 0 aliphatic heterocycles. The van der Waals surface area contributed by atoms with Crippen molar-refractivity contribution in [2.45, 2.75) is 19.4 Å². The lowest BCUT2D eigenvalue weighted by Crippen LogP contribution is -2.29. The van der Waals surface area contributed by atoms with Gasteiger partial charge in [-0.3, -0.25) is 11.3 Å². The molecule has 0 bridgehead atoms. The third kappa shape index (κ3) is 2.55. The van der Waals surface area contributed by atoms with Crippen molar-refractivity contribution in [1.82, 2.24) is 10.4 Å². The van der Waals surface area contributed by atoms with Crippen LogP contribution in [0.3, 0.4) is 0 Å². The smallest absolute Gasteiger partial charge is 0.0958 e. The van der Waals surface area contributed by atoms with E-state index in [-0.39, 0.29) is 6.04 Å². The van der Waals surface area contributed by atoms with Crippen molar-refractivity contribution in [2.75, 3.05) is 0 Å². The minimum atomic E-state index is 0.139. The highest BCUT2D eigenvalue weighted by Gasteiger charge is 2.16. The number of nitrogens with one attached hydrogen (secondary N) is 1. The Hall–Kier alpha value is -1.27. The lowest BCUT2D eigenvalue weighted by Gasteiger charge is -2.13. The summed E-state index contributed by atoms with van der Waals surface area (Å²) in [5, 5.41) is 3.23. The van der Waals surface area contributed by atoms with Gasteiger partial charge in [-0.2, -0.15) is 0 Å². The average molecular weight is 289 g/mol. The molecule has 0 radical (unpaired) electrons. The fourth-order valence-electron chi connectivity index (χ4n) is 2.15. The zero-order valence-corrected chi connectivity index (χ0v) is 12.2. The van der Waals surface area contributed by atoms with Gasteiger partial charge in [-0.1, -0.05) is 12.1 Å². The molecule has 0 spiro atoms. The van der Waals surface area contributed by atoms with Crippen molar-refractivity contribution in [3.63, 3.8) is 0 Å². The van der Waals surface area contributed by atoms with Gasteiger partial charge in [-0.05, 0) is 36.1 Å². The summed E-state index contributed by atoms with van der Waals surface area (Å²) in [6.45, 7) is 2.12. The number of hydrogen-bond acceptors (Lipinski definition) is 5. The SMILES string of the molecule is Cc1ccsc1C(Cc1nc2ccccc2s1)NN. The van der Waals surface area contributed by atoms with E-state index in [0.29, 0.717) is 0 Å². The summed E-state index contributed by atoms with van der Waals surface area (Å²) in [6.07, 6.45) is 0.831. The van der Waals surface area contributed by atoms with Crippen LogP contribution < -0.4 is 11.3 Å². The van der Waals surface area contributed by atoms with Gasteiger partial charge in [0.05, 0.1) is 21.3 Å². The Morgan fingerprint density at radius 1 is 1.32 bits per heavy atom. The quantitative estimate of drug-likeness (QED) is 0.571. The number of hydrazine groups is 1. The van der Waals surface area contributed by atoms with Crippen LogP contribution in [0.2, 0.25) is 0 Å². The molecule has 0 fully saturated rings. The number of para-hydroxylation sites is 1. The average Bonchev–Trinajstić information content (AvgIpc) is 3.01. The van der Waals surface area contributed by atoms with Crippen molar-refractivity contribution in [2.24, 2.45) is 5.84 Å². The number of thiazole rings is 1. The Morgan fingerprint density at radius 3 is 2.84 bits per heavy atom. The van der Waals surface area contributed by atoms with Gasteiger partial charge in [0.15, 0.2) is 0 Å². The van der Waals surface area contributed by atoms with Crippen LogP contribution in [0.15, 0.2) is 35.7 Å². The van der Waals surface area contributed by atoms with Crippen molar-refractivity contribution >= 4 is 32.9 Å². The van der Waals surface area contributed by atoms with E-state index in [4.69, 9.17) is 5.84 Å². The molecule has 0 saturated heterocycles. The van der Waals surface area contributed by atoms with E-state index < -0.39 is 0 Å². The number of aromatic nitrogens is 1.